The van der Waals surface area contributed by atoms with Gasteiger partial charge in [0.15, 0.2) is 17.0 Å². The Bertz CT molecular complexity index is 698. The Kier molecular flexibility index (Phi) is 30.1. The summed E-state index contributed by atoms with van der Waals surface area (Å²) in [6, 6.07) is 0. The van der Waals surface area contributed by atoms with E-state index < -0.39 is 11.4 Å². The third kappa shape index (κ3) is 21.9. The quantitative estimate of drug-likeness (QED) is 0.0443. The van der Waals surface area contributed by atoms with E-state index in [1.807, 2.05) is 0 Å². The fourth-order valence-electron chi connectivity index (χ4n) is 6.08. The molecule has 0 spiro atoms. The molecule has 0 heterocycles. The van der Waals surface area contributed by atoms with Gasteiger partial charge in [0, 0.05) is 12.8 Å². The molecular weight excluding hydrogens is 544 g/mol. The molecule has 0 amide bonds. The van der Waals surface area contributed by atoms with Crippen LogP contribution in [0.1, 0.15) is 207 Å². The molecule has 256 valence electrons. The van der Waals surface area contributed by atoms with Gasteiger partial charge in [-0.2, -0.15) is 0 Å². The highest BCUT2D eigenvalue weighted by atomic mass is 16.4. The number of hydrogen-bond donors (Lipinski definition) is 1. The van der Waals surface area contributed by atoms with Gasteiger partial charge in [0.1, 0.15) is 0 Å². The van der Waals surface area contributed by atoms with Gasteiger partial charge < -0.3 is 5.11 Å². The molecule has 0 aromatic carbocycles. The smallest absolute Gasteiger partial charge is 0.324 e. The monoisotopic (exact) mass is 617 g/mol. The first kappa shape index (κ1) is 42.3. The van der Waals surface area contributed by atoms with E-state index in [4.69, 9.17) is 0 Å². The number of unbranched alkanes of at least 4 members (excludes halogenated alkanes) is 22. The maximum atomic E-state index is 13.1. The van der Waals surface area contributed by atoms with Gasteiger partial charge in [0.05, 0.1) is 0 Å². The largest absolute Gasteiger partial charge is 0.480 e. The van der Waals surface area contributed by atoms with E-state index in [1.165, 1.54) is 89.9 Å². The summed E-state index contributed by atoms with van der Waals surface area (Å²) in [6.45, 7) is 6.18. The number of rotatable bonds is 34. The highest BCUT2D eigenvalue weighted by Crippen LogP contribution is 2.30. The molecule has 0 atom stereocenters. The molecule has 0 rings (SSSR count). The first-order chi connectivity index (χ1) is 21.5. The number of carboxylic acid groups (broad SMARTS) is 1. The predicted octanol–water partition coefficient (Wildman–Crippen LogP) is 12.7. The van der Waals surface area contributed by atoms with Crippen molar-refractivity contribution in [2.75, 3.05) is 0 Å². The van der Waals surface area contributed by atoms with Crippen molar-refractivity contribution in [1.82, 2.24) is 0 Å². The molecule has 0 saturated heterocycles. The fraction of sp³-hybridized carbons (Fsp3) is 0.825. The average Bonchev–Trinajstić information content (AvgIpc) is 3.01. The number of carbonyl (C=O) groups is 3. The maximum Gasteiger partial charge on any atom is 0.324 e. The molecule has 0 aliphatic rings. The van der Waals surface area contributed by atoms with E-state index >= 15 is 0 Å². The molecule has 0 unspecified atom stereocenters. The lowest BCUT2D eigenvalue weighted by Gasteiger charge is -2.25. The summed E-state index contributed by atoms with van der Waals surface area (Å²) < 4.78 is 0. The second-order valence-corrected chi connectivity index (χ2v) is 13.1. The van der Waals surface area contributed by atoms with E-state index in [1.54, 1.807) is 6.92 Å². The minimum Gasteiger partial charge on any atom is -0.480 e. The average molecular weight is 617 g/mol. The zero-order valence-corrected chi connectivity index (χ0v) is 29.5. The van der Waals surface area contributed by atoms with Crippen LogP contribution in [0.3, 0.4) is 0 Å². The van der Waals surface area contributed by atoms with Crippen LogP contribution in [0.15, 0.2) is 24.3 Å². The Labute approximate surface area is 273 Å². The highest BCUT2D eigenvalue weighted by Gasteiger charge is 2.49. The Morgan fingerprint density at radius 3 is 0.977 bits per heavy atom. The van der Waals surface area contributed by atoms with Gasteiger partial charge in [-0.05, 0) is 70.6 Å². The third-order valence-electron chi connectivity index (χ3n) is 9.18. The number of aliphatic carboxylic acids is 1. The van der Waals surface area contributed by atoms with Gasteiger partial charge >= 0.3 is 5.97 Å². The Morgan fingerprint density at radius 1 is 0.432 bits per heavy atom. The molecule has 0 radical (unpaired) electrons. The Hall–Kier alpha value is -1.71. The van der Waals surface area contributed by atoms with Crippen LogP contribution in [0.5, 0.6) is 0 Å². The Morgan fingerprint density at radius 2 is 0.705 bits per heavy atom. The van der Waals surface area contributed by atoms with Crippen LogP contribution >= 0.6 is 0 Å². The van der Waals surface area contributed by atoms with Crippen molar-refractivity contribution in [2.24, 2.45) is 5.41 Å². The first-order valence-electron chi connectivity index (χ1n) is 19.1. The lowest BCUT2D eigenvalue weighted by atomic mass is 9.73. The van der Waals surface area contributed by atoms with Gasteiger partial charge in [-0.25, -0.2) is 0 Å². The number of carbonyl (C=O) groups excluding carboxylic acids is 2. The van der Waals surface area contributed by atoms with Crippen LogP contribution in [-0.4, -0.2) is 22.6 Å². The minimum atomic E-state index is -1.85. The van der Waals surface area contributed by atoms with Crippen molar-refractivity contribution in [3.63, 3.8) is 0 Å². The van der Waals surface area contributed by atoms with Crippen molar-refractivity contribution in [3.8, 4) is 0 Å². The van der Waals surface area contributed by atoms with Crippen molar-refractivity contribution in [1.29, 1.82) is 0 Å². The van der Waals surface area contributed by atoms with Crippen molar-refractivity contribution < 1.29 is 19.5 Å². The summed E-state index contributed by atoms with van der Waals surface area (Å²) in [7, 11) is 0. The molecule has 44 heavy (non-hydrogen) atoms. The van der Waals surface area contributed by atoms with Crippen LogP contribution in [0.25, 0.3) is 0 Å². The van der Waals surface area contributed by atoms with Crippen LogP contribution in [0.4, 0.5) is 0 Å². The van der Waals surface area contributed by atoms with Crippen LogP contribution in [0.2, 0.25) is 0 Å². The van der Waals surface area contributed by atoms with E-state index in [0.717, 1.165) is 64.2 Å². The lowest BCUT2D eigenvalue weighted by Crippen LogP contribution is -2.46. The van der Waals surface area contributed by atoms with Crippen LogP contribution in [0, 0.1) is 5.41 Å². The SMILES string of the molecule is CCCCCCCCC=CCCCCCCCC(=O)C(CC)(C(=O)O)C(=O)CCCCCCCC=CCCCCCCCC. The summed E-state index contributed by atoms with van der Waals surface area (Å²) in [4.78, 5) is 38.3. The van der Waals surface area contributed by atoms with Gasteiger partial charge in [-0.1, -0.05) is 148 Å². The third-order valence-corrected chi connectivity index (χ3v) is 9.18. The summed E-state index contributed by atoms with van der Waals surface area (Å²) in [5.41, 5.74) is -1.85. The molecule has 0 bridgehead atoms. The molecule has 0 saturated carbocycles. The molecular formula is C40H72O4. The molecule has 0 aliphatic heterocycles. The van der Waals surface area contributed by atoms with Crippen molar-refractivity contribution >= 4 is 17.5 Å². The standard InChI is InChI=1S/C40H72O4/c1-4-7-9-11-13-15-17-19-21-23-25-27-29-31-33-35-37(41)40(6-3,39(43)44)38(42)36-34-32-30-28-26-24-22-20-18-16-14-12-10-8-5-2/h19-22H,4-18,23-36H2,1-3H3,(H,43,44). The van der Waals surface area contributed by atoms with Crippen LogP contribution < -0.4 is 0 Å². The van der Waals surface area contributed by atoms with Gasteiger partial charge in [-0.3, -0.25) is 14.4 Å². The van der Waals surface area contributed by atoms with E-state index in [9.17, 15) is 19.5 Å². The molecule has 4 heteroatoms. The number of allylic oxidation sites excluding steroid dienone is 4. The summed E-state index contributed by atoms with van der Waals surface area (Å²) >= 11 is 0. The molecule has 0 aliphatic carbocycles. The molecule has 4 nitrogen and oxygen atoms in total. The molecule has 0 fully saturated rings. The van der Waals surface area contributed by atoms with Crippen molar-refractivity contribution in [2.45, 2.75) is 207 Å². The maximum absolute atomic E-state index is 13.1. The molecule has 0 aromatic rings. The number of hydrogen-bond acceptors (Lipinski definition) is 3. The summed E-state index contributed by atoms with van der Waals surface area (Å²) in [5.74, 6) is -2.03. The lowest BCUT2D eigenvalue weighted by molar-refractivity contribution is -0.160. The second kappa shape index (κ2) is 31.3. The predicted molar refractivity (Wildman–Crippen MR) is 189 cm³/mol. The highest BCUT2D eigenvalue weighted by molar-refractivity contribution is 6.21. The molecule has 0 aromatic heterocycles. The van der Waals surface area contributed by atoms with Gasteiger partial charge in [-0.15, -0.1) is 0 Å². The topological polar surface area (TPSA) is 71.4 Å². The summed E-state index contributed by atoms with van der Waals surface area (Å²) in [5, 5.41) is 9.96. The van der Waals surface area contributed by atoms with Gasteiger partial charge in [0.25, 0.3) is 0 Å². The van der Waals surface area contributed by atoms with E-state index in [0.29, 0.717) is 12.8 Å². The van der Waals surface area contributed by atoms with E-state index in [-0.39, 0.29) is 30.8 Å². The fourth-order valence-corrected chi connectivity index (χ4v) is 6.08. The number of ketones is 2. The number of Topliss-reactive ketones (excluding diaryl/α,β-unsaturated/α-hetero) is 2. The zero-order valence-electron chi connectivity index (χ0n) is 29.5. The Balaban J connectivity index is 4.04. The van der Waals surface area contributed by atoms with Crippen LogP contribution in [-0.2, 0) is 14.4 Å². The first-order valence-corrected chi connectivity index (χ1v) is 19.1. The van der Waals surface area contributed by atoms with Gasteiger partial charge in [0.2, 0.25) is 0 Å². The zero-order chi connectivity index (χ0) is 32.6. The second-order valence-electron chi connectivity index (χ2n) is 13.1. The normalized spacial score (nSPS) is 13.2. The minimum absolute atomic E-state index is 0.0517. The van der Waals surface area contributed by atoms with E-state index in [2.05, 4.69) is 38.2 Å². The molecule has 1 N–H and O–H groups in total. The number of carboxylic acids is 1. The van der Waals surface area contributed by atoms with Crippen molar-refractivity contribution in [3.05, 3.63) is 24.3 Å². The summed E-state index contributed by atoms with van der Waals surface area (Å²) in [6.07, 6.45) is 40.2.